The number of fused-ring (bicyclic) bond motifs is 2. The number of epoxide rings is 1. The highest BCUT2D eigenvalue weighted by atomic mass is 16.6. The van der Waals surface area contributed by atoms with Crippen molar-refractivity contribution in [2.24, 2.45) is 5.92 Å². The fourth-order valence-electron chi connectivity index (χ4n) is 4.03. The van der Waals surface area contributed by atoms with Gasteiger partial charge in [0.05, 0.1) is 17.6 Å². The number of carbonyl (C=O) groups is 3. The highest BCUT2D eigenvalue weighted by Crippen LogP contribution is 2.48. The Morgan fingerprint density at radius 3 is 2.62 bits per heavy atom. The van der Waals surface area contributed by atoms with Crippen LogP contribution in [0.5, 0.6) is 0 Å². The molecule has 158 valence electrons. The van der Waals surface area contributed by atoms with Crippen molar-refractivity contribution >= 4 is 17.9 Å². The Kier molecular flexibility index (Phi) is 5.72. The fourth-order valence-corrected chi connectivity index (χ4v) is 4.03. The van der Waals surface area contributed by atoms with Gasteiger partial charge in [-0.25, -0.2) is 9.59 Å². The quantitative estimate of drug-likeness (QED) is 0.235. The molecule has 2 aliphatic heterocycles. The van der Waals surface area contributed by atoms with Gasteiger partial charge in [0.2, 0.25) is 0 Å². The molecule has 1 aliphatic carbocycles. The van der Waals surface area contributed by atoms with Crippen molar-refractivity contribution in [2.45, 2.75) is 77.5 Å². The van der Waals surface area contributed by atoms with E-state index in [9.17, 15) is 14.4 Å². The lowest BCUT2D eigenvalue weighted by Crippen LogP contribution is -2.38. The minimum absolute atomic E-state index is 0.151. The molecule has 0 spiro atoms. The summed E-state index contributed by atoms with van der Waals surface area (Å²) in [6, 6.07) is 0. The van der Waals surface area contributed by atoms with Gasteiger partial charge in [0, 0.05) is 30.9 Å². The van der Waals surface area contributed by atoms with Gasteiger partial charge in [-0.1, -0.05) is 12.7 Å². The molecule has 6 atom stereocenters. The molecular formula is C22H28O7. The van der Waals surface area contributed by atoms with Gasteiger partial charge in [-0.15, -0.1) is 0 Å². The largest absolute Gasteiger partial charge is 0.458 e. The SMILES string of the molecule is C=C1C(=O)O[C@H]2C=C(C)[C@@H](OC(C)=O)C[C@H]3O[C@]3(C)C[C@@H](OC(=O)/C(C)=C/C)[C@@H]12. The van der Waals surface area contributed by atoms with Gasteiger partial charge < -0.3 is 18.9 Å². The van der Waals surface area contributed by atoms with Crippen LogP contribution in [0.1, 0.15) is 47.5 Å². The predicted octanol–water partition coefficient (Wildman–Crippen LogP) is 2.79. The molecule has 2 heterocycles. The van der Waals surface area contributed by atoms with Crippen LogP contribution >= 0.6 is 0 Å². The molecule has 7 nitrogen and oxygen atoms in total. The number of carbonyl (C=O) groups excluding carboxylic acids is 3. The van der Waals surface area contributed by atoms with Crippen molar-refractivity contribution < 1.29 is 33.3 Å². The van der Waals surface area contributed by atoms with Crippen molar-refractivity contribution in [3.05, 3.63) is 35.5 Å². The van der Waals surface area contributed by atoms with Crippen LogP contribution in [0.4, 0.5) is 0 Å². The molecule has 29 heavy (non-hydrogen) atoms. The predicted molar refractivity (Wildman–Crippen MR) is 104 cm³/mol. The number of allylic oxidation sites excluding steroid dienone is 1. The Balaban J connectivity index is 1.99. The topological polar surface area (TPSA) is 91.4 Å². The lowest BCUT2D eigenvalue weighted by Gasteiger charge is -2.29. The van der Waals surface area contributed by atoms with Crippen LogP contribution in [0.15, 0.2) is 35.5 Å². The minimum atomic E-state index is -0.657. The van der Waals surface area contributed by atoms with Crippen LogP contribution in [0, 0.1) is 5.92 Å². The zero-order chi connectivity index (χ0) is 21.5. The number of hydrogen-bond acceptors (Lipinski definition) is 7. The van der Waals surface area contributed by atoms with Crippen molar-refractivity contribution in [1.29, 1.82) is 0 Å². The van der Waals surface area contributed by atoms with E-state index in [0.717, 1.165) is 5.57 Å². The number of hydrogen-bond donors (Lipinski definition) is 0. The first-order chi connectivity index (χ1) is 13.6. The first-order valence-corrected chi connectivity index (χ1v) is 9.82. The molecule has 0 radical (unpaired) electrons. The van der Waals surface area contributed by atoms with E-state index in [0.29, 0.717) is 18.4 Å². The molecule has 3 rings (SSSR count). The molecule has 0 unspecified atom stereocenters. The van der Waals surface area contributed by atoms with Crippen LogP contribution in [-0.2, 0) is 33.3 Å². The van der Waals surface area contributed by atoms with E-state index < -0.39 is 41.8 Å². The Labute approximate surface area is 170 Å². The zero-order valence-electron chi connectivity index (χ0n) is 17.5. The molecule has 7 heteroatoms. The van der Waals surface area contributed by atoms with Crippen LogP contribution in [0.3, 0.4) is 0 Å². The van der Waals surface area contributed by atoms with Crippen molar-refractivity contribution in [2.75, 3.05) is 0 Å². The second-order valence-corrected chi connectivity index (χ2v) is 8.20. The smallest absolute Gasteiger partial charge is 0.334 e. The Morgan fingerprint density at radius 2 is 2.00 bits per heavy atom. The summed E-state index contributed by atoms with van der Waals surface area (Å²) in [6.07, 6.45) is 2.40. The number of rotatable bonds is 3. The molecule has 0 saturated carbocycles. The van der Waals surface area contributed by atoms with Crippen LogP contribution < -0.4 is 0 Å². The summed E-state index contributed by atoms with van der Waals surface area (Å²) in [5.74, 6) is -1.89. The van der Waals surface area contributed by atoms with Gasteiger partial charge >= 0.3 is 17.9 Å². The molecule has 0 aromatic carbocycles. The molecule has 0 N–H and O–H groups in total. The van der Waals surface area contributed by atoms with E-state index in [4.69, 9.17) is 18.9 Å². The lowest BCUT2D eigenvalue weighted by atomic mass is 9.82. The van der Waals surface area contributed by atoms with E-state index >= 15 is 0 Å². The van der Waals surface area contributed by atoms with Crippen LogP contribution in [-0.4, -0.2) is 47.9 Å². The molecular weight excluding hydrogens is 376 g/mol. The Hall–Kier alpha value is -2.41. The highest BCUT2D eigenvalue weighted by Gasteiger charge is 2.58. The summed E-state index contributed by atoms with van der Waals surface area (Å²) in [5, 5.41) is 0. The molecule has 2 saturated heterocycles. The van der Waals surface area contributed by atoms with Crippen molar-refractivity contribution in [3.63, 3.8) is 0 Å². The monoisotopic (exact) mass is 404 g/mol. The van der Waals surface area contributed by atoms with Crippen molar-refractivity contribution in [3.8, 4) is 0 Å². The highest BCUT2D eigenvalue weighted by molar-refractivity contribution is 5.92. The third-order valence-corrected chi connectivity index (χ3v) is 5.99. The Morgan fingerprint density at radius 1 is 1.31 bits per heavy atom. The average molecular weight is 404 g/mol. The van der Waals surface area contributed by atoms with E-state index in [2.05, 4.69) is 6.58 Å². The maximum Gasteiger partial charge on any atom is 0.334 e. The van der Waals surface area contributed by atoms with E-state index in [1.807, 2.05) is 13.8 Å². The van der Waals surface area contributed by atoms with Crippen LogP contribution in [0.25, 0.3) is 0 Å². The van der Waals surface area contributed by atoms with Crippen LogP contribution in [0.2, 0.25) is 0 Å². The fraction of sp³-hybridized carbons (Fsp3) is 0.591. The summed E-state index contributed by atoms with van der Waals surface area (Å²) in [7, 11) is 0. The second kappa shape index (κ2) is 7.78. The first kappa shape index (κ1) is 21.3. The molecule has 2 fully saturated rings. The second-order valence-electron chi connectivity index (χ2n) is 8.20. The summed E-state index contributed by atoms with van der Waals surface area (Å²) in [6.45, 7) is 12.4. The van der Waals surface area contributed by atoms with Gasteiger partial charge in [0.1, 0.15) is 18.3 Å². The van der Waals surface area contributed by atoms with E-state index in [-0.39, 0.29) is 17.6 Å². The maximum atomic E-state index is 12.5. The molecule has 3 aliphatic rings. The zero-order valence-corrected chi connectivity index (χ0v) is 17.5. The number of ether oxygens (including phenoxy) is 4. The van der Waals surface area contributed by atoms with Gasteiger partial charge in [0.15, 0.2) is 0 Å². The summed E-state index contributed by atoms with van der Waals surface area (Å²) < 4.78 is 22.7. The van der Waals surface area contributed by atoms with E-state index in [1.165, 1.54) is 6.92 Å². The average Bonchev–Trinajstić information content (AvgIpc) is 3.17. The standard InChI is InChI=1S/C22H28O7/c1-7-11(2)20(24)28-17-10-22(6)18(29-22)9-15(26-14(5)23)12(3)8-16-19(17)13(4)21(25)27-16/h7-8,15-19H,4,9-10H2,1-3,5-6H3/b11-7+,12-8?/t15-,16-,17+,18+,19-,22+/m0/s1. The Bertz CT molecular complexity index is 808. The summed E-state index contributed by atoms with van der Waals surface area (Å²) in [5.41, 5.74) is 0.948. The van der Waals surface area contributed by atoms with Gasteiger partial charge in [-0.3, -0.25) is 4.79 Å². The van der Waals surface area contributed by atoms with Gasteiger partial charge in [0.25, 0.3) is 0 Å². The normalized spacial score (nSPS) is 36.9. The molecule has 0 bridgehead atoms. The third kappa shape index (κ3) is 4.29. The molecule has 0 aromatic heterocycles. The van der Waals surface area contributed by atoms with E-state index in [1.54, 1.807) is 26.0 Å². The first-order valence-electron chi connectivity index (χ1n) is 9.82. The maximum absolute atomic E-state index is 12.5. The summed E-state index contributed by atoms with van der Waals surface area (Å²) >= 11 is 0. The molecule has 0 aromatic rings. The van der Waals surface area contributed by atoms with Gasteiger partial charge in [-0.2, -0.15) is 0 Å². The lowest BCUT2D eigenvalue weighted by molar-refractivity contribution is -0.149. The minimum Gasteiger partial charge on any atom is -0.458 e. The summed E-state index contributed by atoms with van der Waals surface area (Å²) in [4.78, 5) is 36.3. The van der Waals surface area contributed by atoms with Crippen molar-refractivity contribution in [1.82, 2.24) is 0 Å². The third-order valence-electron chi connectivity index (χ3n) is 5.99. The number of esters is 3. The van der Waals surface area contributed by atoms with Gasteiger partial charge in [-0.05, 0) is 39.3 Å². The molecule has 0 amide bonds.